The van der Waals surface area contributed by atoms with E-state index in [1.807, 2.05) is 18.7 Å². The van der Waals surface area contributed by atoms with E-state index < -0.39 is 0 Å². The Morgan fingerprint density at radius 3 is 2.94 bits per heavy atom. The van der Waals surface area contributed by atoms with E-state index in [-0.39, 0.29) is 0 Å². The number of hydrogen-bond donors (Lipinski definition) is 0. The average molecular weight is 214 g/mol. The lowest BCUT2D eigenvalue weighted by Crippen LogP contribution is -1.94. The fourth-order valence-electron chi connectivity index (χ4n) is 2.23. The Hall–Kier alpha value is -1.77. The van der Waals surface area contributed by atoms with Gasteiger partial charge in [-0.15, -0.1) is 0 Å². The van der Waals surface area contributed by atoms with Crippen LogP contribution in [0.4, 0.5) is 0 Å². The van der Waals surface area contributed by atoms with E-state index in [1.165, 1.54) is 11.1 Å². The van der Waals surface area contributed by atoms with Crippen LogP contribution in [0.25, 0.3) is 11.3 Å². The van der Waals surface area contributed by atoms with E-state index in [1.54, 1.807) is 0 Å². The Bertz CT molecular complexity index is 543. The summed E-state index contributed by atoms with van der Waals surface area (Å²) in [4.78, 5) is 0. The third-order valence-electron chi connectivity index (χ3n) is 2.99. The van der Waals surface area contributed by atoms with E-state index in [0.717, 1.165) is 30.2 Å². The molecule has 0 amide bonds. The van der Waals surface area contributed by atoms with Gasteiger partial charge in [0.15, 0.2) is 0 Å². The zero-order valence-electron chi connectivity index (χ0n) is 9.53. The molecule has 0 aliphatic carbocycles. The number of rotatable bonds is 1. The molecule has 0 atom stereocenters. The Morgan fingerprint density at radius 2 is 2.19 bits per heavy atom. The van der Waals surface area contributed by atoms with Crippen LogP contribution in [-0.4, -0.2) is 16.4 Å². The van der Waals surface area contributed by atoms with Crippen molar-refractivity contribution in [2.75, 3.05) is 6.61 Å². The molecule has 1 aromatic carbocycles. The van der Waals surface area contributed by atoms with Crippen molar-refractivity contribution in [3.63, 3.8) is 0 Å². The van der Waals surface area contributed by atoms with Gasteiger partial charge in [0.1, 0.15) is 5.75 Å². The van der Waals surface area contributed by atoms with Crippen molar-refractivity contribution < 1.29 is 4.74 Å². The highest BCUT2D eigenvalue weighted by Gasteiger charge is 2.14. The van der Waals surface area contributed by atoms with Crippen molar-refractivity contribution in [2.45, 2.75) is 13.3 Å². The number of aromatic nitrogens is 2. The second kappa shape index (κ2) is 3.37. The van der Waals surface area contributed by atoms with E-state index in [9.17, 15) is 0 Å². The van der Waals surface area contributed by atoms with Gasteiger partial charge in [0.05, 0.1) is 18.0 Å². The highest BCUT2D eigenvalue weighted by atomic mass is 16.5. The molecule has 0 saturated carbocycles. The van der Waals surface area contributed by atoms with Gasteiger partial charge >= 0.3 is 0 Å². The second-order valence-electron chi connectivity index (χ2n) is 4.22. The van der Waals surface area contributed by atoms with Gasteiger partial charge in [-0.3, -0.25) is 4.68 Å². The molecule has 0 bridgehead atoms. The number of fused-ring (bicyclic) bond motifs is 1. The van der Waals surface area contributed by atoms with Crippen molar-refractivity contribution in [3.8, 4) is 17.0 Å². The summed E-state index contributed by atoms with van der Waals surface area (Å²) in [5.74, 6) is 1.03. The fraction of sp³-hybridized carbons (Fsp3) is 0.308. The van der Waals surface area contributed by atoms with E-state index in [4.69, 9.17) is 4.74 Å². The number of ether oxygens (including phenoxy) is 1. The van der Waals surface area contributed by atoms with Gasteiger partial charge in [-0.2, -0.15) is 5.10 Å². The summed E-state index contributed by atoms with van der Waals surface area (Å²) in [5, 5.41) is 4.37. The molecule has 16 heavy (non-hydrogen) atoms. The molecule has 82 valence electrons. The molecule has 2 aromatic rings. The Labute approximate surface area is 94.7 Å². The lowest BCUT2D eigenvalue weighted by molar-refractivity contribution is 0.357. The lowest BCUT2D eigenvalue weighted by atomic mass is 10.1. The summed E-state index contributed by atoms with van der Waals surface area (Å²) in [6, 6.07) is 8.47. The van der Waals surface area contributed by atoms with Gasteiger partial charge in [0.2, 0.25) is 0 Å². The van der Waals surface area contributed by atoms with Crippen molar-refractivity contribution in [3.05, 3.63) is 35.5 Å². The lowest BCUT2D eigenvalue weighted by Gasteiger charge is -2.04. The first-order valence-corrected chi connectivity index (χ1v) is 5.51. The average Bonchev–Trinajstić information content (AvgIpc) is 2.83. The quantitative estimate of drug-likeness (QED) is 0.728. The summed E-state index contributed by atoms with van der Waals surface area (Å²) >= 11 is 0. The second-order valence-corrected chi connectivity index (χ2v) is 4.22. The predicted octanol–water partition coefficient (Wildman–Crippen LogP) is 2.33. The molecular formula is C13H14N2O. The van der Waals surface area contributed by atoms with Crippen LogP contribution >= 0.6 is 0 Å². The molecule has 2 heterocycles. The van der Waals surface area contributed by atoms with Gasteiger partial charge in [-0.25, -0.2) is 0 Å². The molecule has 1 aromatic heterocycles. The molecular weight excluding hydrogens is 200 g/mol. The topological polar surface area (TPSA) is 27.1 Å². The Morgan fingerprint density at radius 1 is 1.31 bits per heavy atom. The third kappa shape index (κ3) is 1.40. The Kier molecular flexibility index (Phi) is 1.99. The van der Waals surface area contributed by atoms with Gasteiger partial charge in [-0.05, 0) is 36.8 Å². The number of hydrogen-bond acceptors (Lipinski definition) is 2. The van der Waals surface area contributed by atoms with E-state index >= 15 is 0 Å². The van der Waals surface area contributed by atoms with Crippen LogP contribution in [0.15, 0.2) is 24.3 Å². The molecule has 1 aliphatic heterocycles. The molecule has 0 spiro atoms. The van der Waals surface area contributed by atoms with E-state index in [2.05, 4.69) is 29.4 Å². The van der Waals surface area contributed by atoms with Gasteiger partial charge in [-0.1, -0.05) is 0 Å². The van der Waals surface area contributed by atoms with Gasteiger partial charge in [0.25, 0.3) is 0 Å². The fourth-order valence-corrected chi connectivity index (χ4v) is 2.23. The highest BCUT2D eigenvalue weighted by molar-refractivity contribution is 5.63. The predicted molar refractivity (Wildman–Crippen MR) is 62.6 cm³/mol. The van der Waals surface area contributed by atoms with Crippen LogP contribution in [0.3, 0.4) is 0 Å². The van der Waals surface area contributed by atoms with Crippen molar-refractivity contribution in [1.29, 1.82) is 0 Å². The number of aryl methyl sites for hydroxylation is 2. The minimum Gasteiger partial charge on any atom is -0.493 e. The highest BCUT2D eigenvalue weighted by Crippen LogP contribution is 2.30. The summed E-state index contributed by atoms with van der Waals surface area (Å²) in [6.07, 6.45) is 1.01. The smallest absolute Gasteiger partial charge is 0.122 e. The molecule has 3 heteroatoms. The summed E-state index contributed by atoms with van der Waals surface area (Å²) < 4.78 is 7.43. The molecule has 0 radical (unpaired) electrons. The van der Waals surface area contributed by atoms with Gasteiger partial charge in [0, 0.05) is 19.0 Å². The van der Waals surface area contributed by atoms with E-state index in [0.29, 0.717) is 0 Å². The molecule has 3 rings (SSSR count). The van der Waals surface area contributed by atoms with Crippen LogP contribution < -0.4 is 4.74 Å². The molecule has 0 fully saturated rings. The minimum atomic E-state index is 0.809. The maximum absolute atomic E-state index is 5.50. The standard InChI is InChI=1S/C13H14N2O/c1-9-7-12(15(2)14-9)10-3-4-13-11(8-10)5-6-16-13/h3-4,7-8H,5-6H2,1-2H3. The van der Waals surface area contributed by atoms with Crippen molar-refractivity contribution in [1.82, 2.24) is 9.78 Å². The zero-order valence-corrected chi connectivity index (χ0v) is 9.53. The number of nitrogens with zero attached hydrogens (tertiary/aromatic N) is 2. The van der Waals surface area contributed by atoms with Crippen LogP contribution in [-0.2, 0) is 13.5 Å². The SMILES string of the molecule is Cc1cc(-c2ccc3c(c2)CCO3)n(C)n1. The first-order chi connectivity index (χ1) is 7.74. The molecule has 0 N–H and O–H groups in total. The van der Waals surface area contributed by atoms with Crippen LogP contribution in [0.2, 0.25) is 0 Å². The van der Waals surface area contributed by atoms with Crippen molar-refractivity contribution in [2.24, 2.45) is 7.05 Å². The van der Waals surface area contributed by atoms with Crippen LogP contribution in [0.1, 0.15) is 11.3 Å². The molecule has 0 unspecified atom stereocenters. The summed E-state index contributed by atoms with van der Waals surface area (Å²) in [7, 11) is 1.98. The van der Waals surface area contributed by atoms with Crippen molar-refractivity contribution >= 4 is 0 Å². The number of benzene rings is 1. The normalized spacial score (nSPS) is 13.6. The molecule has 0 saturated heterocycles. The van der Waals surface area contributed by atoms with Crippen LogP contribution in [0.5, 0.6) is 5.75 Å². The maximum atomic E-state index is 5.50. The van der Waals surface area contributed by atoms with Gasteiger partial charge < -0.3 is 4.74 Å². The van der Waals surface area contributed by atoms with Crippen LogP contribution in [0, 0.1) is 6.92 Å². The Balaban J connectivity index is 2.10. The molecule has 3 nitrogen and oxygen atoms in total. The third-order valence-corrected chi connectivity index (χ3v) is 2.99. The maximum Gasteiger partial charge on any atom is 0.122 e. The molecule has 1 aliphatic rings. The minimum absolute atomic E-state index is 0.809. The monoisotopic (exact) mass is 214 g/mol. The summed E-state index contributed by atoms with van der Waals surface area (Å²) in [6.45, 7) is 2.82. The zero-order chi connectivity index (χ0) is 11.1. The first kappa shape index (κ1) is 9.46. The summed E-state index contributed by atoms with van der Waals surface area (Å²) in [5.41, 5.74) is 4.73. The largest absolute Gasteiger partial charge is 0.493 e. The first-order valence-electron chi connectivity index (χ1n) is 5.51.